The van der Waals surface area contributed by atoms with E-state index in [0.29, 0.717) is 26.2 Å². The number of sulfone groups is 1. The highest BCUT2D eigenvalue weighted by atomic mass is 32.2. The molecule has 0 saturated carbocycles. The third-order valence-corrected chi connectivity index (χ3v) is 5.94. The van der Waals surface area contributed by atoms with Crippen molar-refractivity contribution in [1.82, 2.24) is 9.88 Å². The molecule has 0 atom stereocenters. The summed E-state index contributed by atoms with van der Waals surface area (Å²) in [6.07, 6.45) is -1.89. The Kier molecular flexibility index (Phi) is 6.44. The van der Waals surface area contributed by atoms with Gasteiger partial charge < -0.3 is 14.5 Å². The number of aryl methyl sites for hydroxylation is 1. The summed E-state index contributed by atoms with van der Waals surface area (Å²) in [7, 11) is -3.66. The van der Waals surface area contributed by atoms with Crippen LogP contribution in [0.5, 0.6) is 5.75 Å². The SMILES string of the molecule is Cc1ccc(N2CCN(C(=O)c3cc(S(C)(=O)=O)ccc3OCC(F)(F)F)CC2)cn1. The van der Waals surface area contributed by atoms with Gasteiger partial charge in [-0.3, -0.25) is 9.78 Å². The summed E-state index contributed by atoms with van der Waals surface area (Å²) in [5.74, 6) is -0.885. The zero-order chi connectivity index (χ0) is 22.8. The van der Waals surface area contributed by atoms with E-state index in [4.69, 9.17) is 4.74 Å². The molecule has 0 unspecified atom stereocenters. The van der Waals surface area contributed by atoms with E-state index in [2.05, 4.69) is 4.98 Å². The van der Waals surface area contributed by atoms with Gasteiger partial charge in [0.1, 0.15) is 5.75 Å². The molecule has 3 rings (SSSR count). The van der Waals surface area contributed by atoms with E-state index in [1.54, 1.807) is 6.20 Å². The van der Waals surface area contributed by atoms with Crippen LogP contribution in [-0.4, -0.2) is 69.4 Å². The van der Waals surface area contributed by atoms with Crippen LogP contribution in [0.4, 0.5) is 18.9 Å². The number of ether oxygens (including phenoxy) is 1. The lowest BCUT2D eigenvalue weighted by Gasteiger charge is -2.36. The molecule has 0 radical (unpaired) electrons. The number of piperazine rings is 1. The van der Waals surface area contributed by atoms with Crippen molar-refractivity contribution in [3.8, 4) is 5.75 Å². The third-order valence-electron chi connectivity index (χ3n) is 4.83. The van der Waals surface area contributed by atoms with Crippen LogP contribution in [0.15, 0.2) is 41.4 Å². The number of hydrogen-bond donors (Lipinski definition) is 0. The first-order valence-corrected chi connectivity index (χ1v) is 11.3. The van der Waals surface area contributed by atoms with Crippen LogP contribution in [0.3, 0.4) is 0 Å². The van der Waals surface area contributed by atoms with Crippen LogP contribution < -0.4 is 9.64 Å². The molecule has 0 spiro atoms. The molecule has 2 aromatic rings. The second-order valence-corrected chi connectivity index (χ2v) is 9.29. The molecule has 7 nitrogen and oxygen atoms in total. The number of amides is 1. The number of rotatable bonds is 5. The smallest absolute Gasteiger partial charge is 0.422 e. The summed E-state index contributed by atoms with van der Waals surface area (Å²) >= 11 is 0. The normalized spacial score (nSPS) is 15.1. The molecule has 0 aliphatic carbocycles. The number of carbonyl (C=O) groups excluding carboxylic acids is 1. The number of nitrogens with zero attached hydrogens (tertiary/aromatic N) is 3. The molecule has 1 saturated heterocycles. The standard InChI is InChI=1S/C20H22F3N3O4S/c1-14-3-4-15(12-24-14)25-7-9-26(10-8-25)19(27)17-11-16(31(2,28)29)5-6-18(17)30-13-20(21,22)23/h3-6,11-12H,7-10,13H2,1-2H3. The molecular formula is C20H22F3N3O4S. The van der Waals surface area contributed by atoms with Crippen molar-refractivity contribution in [2.75, 3.05) is 43.9 Å². The number of pyridine rings is 1. The average molecular weight is 457 g/mol. The molecule has 2 heterocycles. The van der Waals surface area contributed by atoms with Gasteiger partial charge in [-0.2, -0.15) is 13.2 Å². The minimum atomic E-state index is -4.59. The van der Waals surface area contributed by atoms with E-state index in [-0.39, 0.29) is 16.2 Å². The second-order valence-electron chi connectivity index (χ2n) is 7.27. The van der Waals surface area contributed by atoms with E-state index in [1.165, 1.54) is 4.90 Å². The van der Waals surface area contributed by atoms with Gasteiger partial charge in [0.2, 0.25) is 0 Å². The molecule has 1 aliphatic rings. The van der Waals surface area contributed by atoms with Crippen molar-refractivity contribution in [1.29, 1.82) is 0 Å². The first-order valence-electron chi connectivity index (χ1n) is 9.44. The summed E-state index contributed by atoms with van der Waals surface area (Å²) in [4.78, 5) is 20.7. The van der Waals surface area contributed by atoms with Crippen LogP contribution in [0.1, 0.15) is 16.1 Å². The highest BCUT2D eigenvalue weighted by molar-refractivity contribution is 7.90. The monoisotopic (exact) mass is 457 g/mol. The quantitative estimate of drug-likeness (QED) is 0.687. The summed E-state index contributed by atoms with van der Waals surface area (Å²) in [5.41, 5.74) is 1.58. The van der Waals surface area contributed by atoms with Gasteiger partial charge in [-0.25, -0.2) is 8.42 Å². The predicted molar refractivity (Wildman–Crippen MR) is 108 cm³/mol. The van der Waals surface area contributed by atoms with Crippen molar-refractivity contribution >= 4 is 21.4 Å². The summed E-state index contributed by atoms with van der Waals surface area (Å²) < 4.78 is 66.4. The van der Waals surface area contributed by atoms with E-state index in [1.807, 2.05) is 24.0 Å². The van der Waals surface area contributed by atoms with Crippen molar-refractivity contribution in [3.63, 3.8) is 0 Å². The first-order chi connectivity index (χ1) is 14.4. The molecule has 1 fully saturated rings. The summed E-state index contributed by atoms with van der Waals surface area (Å²) in [5, 5.41) is 0. The Morgan fingerprint density at radius 3 is 2.35 bits per heavy atom. The average Bonchev–Trinajstić information content (AvgIpc) is 2.71. The second kappa shape index (κ2) is 8.74. The zero-order valence-electron chi connectivity index (χ0n) is 17.0. The van der Waals surface area contributed by atoms with E-state index < -0.39 is 28.5 Å². The van der Waals surface area contributed by atoms with Crippen molar-refractivity contribution in [3.05, 3.63) is 47.8 Å². The van der Waals surface area contributed by atoms with Gasteiger partial charge in [0.25, 0.3) is 5.91 Å². The number of alkyl halides is 3. The number of hydrogen-bond acceptors (Lipinski definition) is 6. The Balaban J connectivity index is 1.80. The maximum atomic E-state index is 13.1. The molecule has 1 aromatic heterocycles. The van der Waals surface area contributed by atoms with Crippen LogP contribution in [0.25, 0.3) is 0 Å². The van der Waals surface area contributed by atoms with Gasteiger partial charge in [0, 0.05) is 38.1 Å². The Hall–Kier alpha value is -2.82. The lowest BCUT2D eigenvalue weighted by Crippen LogP contribution is -2.49. The van der Waals surface area contributed by atoms with Gasteiger partial charge in [0.05, 0.1) is 22.3 Å². The first kappa shape index (κ1) is 22.9. The van der Waals surface area contributed by atoms with Crippen LogP contribution in [0, 0.1) is 6.92 Å². The minimum absolute atomic E-state index is 0.167. The molecule has 1 aromatic carbocycles. The van der Waals surface area contributed by atoms with Gasteiger partial charge >= 0.3 is 6.18 Å². The van der Waals surface area contributed by atoms with E-state index in [0.717, 1.165) is 35.8 Å². The lowest BCUT2D eigenvalue weighted by molar-refractivity contribution is -0.153. The maximum Gasteiger partial charge on any atom is 0.422 e. The Morgan fingerprint density at radius 1 is 1.13 bits per heavy atom. The van der Waals surface area contributed by atoms with E-state index >= 15 is 0 Å². The van der Waals surface area contributed by atoms with Gasteiger partial charge in [-0.1, -0.05) is 0 Å². The topological polar surface area (TPSA) is 79.8 Å². The molecule has 0 N–H and O–H groups in total. The van der Waals surface area contributed by atoms with Crippen molar-refractivity contribution in [2.24, 2.45) is 0 Å². The summed E-state index contributed by atoms with van der Waals surface area (Å²) in [6.45, 7) is 1.92. The molecule has 31 heavy (non-hydrogen) atoms. The number of carbonyl (C=O) groups is 1. The van der Waals surface area contributed by atoms with Gasteiger partial charge in [-0.05, 0) is 37.3 Å². The van der Waals surface area contributed by atoms with E-state index in [9.17, 15) is 26.4 Å². The Labute approximate surface area is 178 Å². The number of halogens is 3. The fraction of sp³-hybridized carbons (Fsp3) is 0.400. The van der Waals surface area contributed by atoms with Crippen LogP contribution in [-0.2, 0) is 9.84 Å². The highest BCUT2D eigenvalue weighted by Crippen LogP contribution is 2.27. The number of anilines is 1. The highest BCUT2D eigenvalue weighted by Gasteiger charge is 2.31. The molecule has 168 valence electrons. The zero-order valence-corrected chi connectivity index (χ0v) is 17.8. The minimum Gasteiger partial charge on any atom is -0.483 e. The fourth-order valence-corrected chi connectivity index (χ4v) is 3.82. The Bertz CT molecular complexity index is 1050. The fourth-order valence-electron chi connectivity index (χ4n) is 3.18. The molecule has 11 heteroatoms. The van der Waals surface area contributed by atoms with Crippen LogP contribution >= 0.6 is 0 Å². The Morgan fingerprint density at radius 2 is 1.81 bits per heavy atom. The lowest BCUT2D eigenvalue weighted by atomic mass is 10.1. The van der Waals surface area contributed by atoms with Crippen molar-refractivity contribution in [2.45, 2.75) is 18.0 Å². The maximum absolute atomic E-state index is 13.1. The molecule has 0 bridgehead atoms. The summed E-state index contributed by atoms with van der Waals surface area (Å²) in [6, 6.07) is 7.09. The predicted octanol–water partition coefficient (Wildman–Crippen LogP) is 2.70. The largest absolute Gasteiger partial charge is 0.483 e. The van der Waals surface area contributed by atoms with Gasteiger partial charge in [-0.15, -0.1) is 0 Å². The third kappa shape index (κ3) is 5.87. The number of aromatic nitrogens is 1. The number of benzene rings is 1. The van der Waals surface area contributed by atoms with Gasteiger partial charge in [0.15, 0.2) is 16.4 Å². The molecule has 1 amide bonds. The van der Waals surface area contributed by atoms with Crippen molar-refractivity contribution < 1.29 is 31.1 Å². The molecule has 1 aliphatic heterocycles. The van der Waals surface area contributed by atoms with Crippen LogP contribution in [0.2, 0.25) is 0 Å². The molecular weight excluding hydrogens is 435 g/mol.